The fourth-order valence-corrected chi connectivity index (χ4v) is 5.75. The molecule has 0 amide bonds. The number of alkyl halides is 3. The van der Waals surface area contributed by atoms with Gasteiger partial charge in [-0.1, -0.05) is 26.0 Å². The third-order valence-electron chi connectivity index (χ3n) is 7.21. The number of aliphatic hydroxyl groups excluding tert-OH is 2. The Morgan fingerprint density at radius 1 is 1.09 bits per heavy atom. The van der Waals surface area contributed by atoms with E-state index in [-0.39, 0.29) is 12.0 Å². The number of hydrogen-bond acceptors (Lipinski definition) is 5. The van der Waals surface area contributed by atoms with Crippen molar-refractivity contribution >= 4 is 0 Å². The Labute approximate surface area is 190 Å². The summed E-state index contributed by atoms with van der Waals surface area (Å²) in [6.07, 6.45) is -3.47. The fourth-order valence-electron chi connectivity index (χ4n) is 5.75. The molecule has 3 heterocycles. The Balaban J connectivity index is 1.71. The van der Waals surface area contributed by atoms with Crippen molar-refractivity contribution in [2.24, 2.45) is 5.41 Å². The van der Waals surface area contributed by atoms with Crippen molar-refractivity contribution in [3.05, 3.63) is 63.5 Å². The number of aliphatic hydroxyl groups is 2. The van der Waals surface area contributed by atoms with E-state index in [1.54, 1.807) is 0 Å². The maximum Gasteiger partial charge on any atom is 0.416 e. The standard InChI is InChI=1S/C25H28F3NO4/c1-23(2)11-16-19(18(31)12-23)21-20(17(13-30)29-16)22(33-24(21)7-9-32-10-8-24)14-3-5-15(6-4-14)25(26,27)28/h3-6,18,22,30-31H,7-13H2,1-2H3. The Morgan fingerprint density at radius 3 is 2.36 bits per heavy atom. The fraction of sp³-hybridized carbons (Fsp3) is 0.560. The molecule has 0 radical (unpaired) electrons. The van der Waals surface area contributed by atoms with E-state index in [1.165, 1.54) is 12.1 Å². The third-order valence-corrected chi connectivity index (χ3v) is 7.21. The van der Waals surface area contributed by atoms with Crippen LogP contribution < -0.4 is 0 Å². The van der Waals surface area contributed by atoms with Gasteiger partial charge in [-0.25, -0.2) is 0 Å². The van der Waals surface area contributed by atoms with Gasteiger partial charge in [-0.15, -0.1) is 0 Å². The number of fused-ring (bicyclic) bond motifs is 4. The van der Waals surface area contributed by atoms with Crippen LogP contribution in [0, 0.1) is 5.41 Å². The first kappa shape index (κ1) is 22.8. The van der Waals surface area contributed by atoms with Gasteiger partial charge in [0.1, 0.15) is 6.10 Å². The van der Waals surface area contributed by atoms with Crippen LogP contribution >= 0.6 is 0 Å². The molecule has 1 saturated heterocycles. The molecule has 2 N–H and O–H groups in total. The van der Waals surface area contributed by atoms with Crippen LogP contribution in [-0.2, 0) is 34.3 Å². The third kappa shape index (κ3) is 3.77. The van der Waals surface area contributed by atoms with Crippen LogP contribution in [0.25, 0.3) is 0 Å². The van der Waals surface area contributed by atoms with Gasteiger partial charge in [0.25, 0.3) is 0 Å². The SMILES string of the molecule is CC1(C)Cc2nc(CO)c3c(c2C(O)C1)C1(CCOCC1)OC3c1ccc(C(F)(F)F)cc1. The smallest absolute Gasteiger partial charge is 0.390 e. The highest BCUT2D eigenvalue weighted by atomic mass is 19.4. The first-order valence-electron chi connectivity index (χ1n) is 11.3. The summed E-state index contributed by atoms with van der Waals surface area (Å²) in [5.41, 5.74) is 2.48. The van der Waals surface area contributed by atoms with Crippen LogP contribution in [0.15, 0.2) is 24.3 Å². The molecule has 178 valence electrons. The minimum Gasteiger partial charge on any atom is -0.390 e. The van der Waals surface area contributed by atoms with Crippen LogP contribution in [-0.4, -0.2) is 28.4 Å². The molecule has 1 fully saturated rings. The predicted octanol–water partition coefficient (Wildman–Crippen LogP) is 4.72. The lowest BCUT2D eigenvalue weighted by molar-refractivity contribution is -0.137. The highest BCUT2D eigenvalue weighted by Crippen LogP contribution is 2.57. The van der Waals surface area contributed by atoms with E-state index < -0.39 is 29.5 Å². The van der Waals surface area contributed by atoms with Gasteiger partial charge in [-0.3, -0.25) is 4.98 Å². The molecule has 2 aliphatic heterocycles. The Hall–Kier alpha value is -2.00. The van der Waals surface area contributed by atoms with Gasteiger partial charge in [0, 0.05) is 42.9 Å². The highest BCUT2D eigenvalue weighted by molar-refractivity contribution is 5.53. The van der Waals surface area contributed by atoms with Crippen molar-refractivity contribution < 1.29 is 32.9 Å². The molecule has 2 unspecified atom stereocenters. The van der Waals surface area contributed by atoms with E-state index in [0.29, 0.717) is 55.7 Å². The molecule has 3 aliphatic rings. The lowest BCUT2D eigenvalue weighted by Crippen LogP contribution is -2.37. The second-order valence-corrected chi connectivity index (χ2v) is 10.2. The van der Waals surface area contributed by atoms with Gasteiger partial charge >= 0.3 is 6.18 Å². The quantitative estimate of drug-likeness (QED) is 0.674. The summed E-state index contributed by atoms with van der Waals surface area (Å²) in [5, 5.41) is 21.5. The zero-order valence-corrected chi connectivity index (χ0v) is 18.7. The number of halogens is 3. The van der Waals surface area contributed by atoms with E-state index in [0.717, 1.165) is 29.0 Å². The molecule has 5 nitrogen and oxygen atoms in total. The van der Waals surface area contributed by atoms with E-state index in [1.807, 2.05) is 0 Å². The molecule has 1 aliphatic carbocycles. The number of nitrogens with zero attached hydrogens (tertiary/aromatic N) is 1. The molecule has 1 aromatic carbocycles. The summed E-state index contributed by atoms with van der Waals surface area (Å²) in [4.78, 5) is 4.76. The van der Waals surface area contributed by atoms with Gasteiger partial charge in [0.15, 0.2) is 0 Å². The minimum absolute atomic E-state index is 0.143. The Kier molecular flexibility index (Phi) is 5.36. The van der Waals surface area contributed by atoms with Gasteiger partial charge in [0.05, 0.1) is 29.6 Å². The molecule has 1 spiro atoms. The first-order chi connectivity index (χ1) is 15.5. The largest absolute Gasteiger partial charge is 0.416 e. The van der Waals surface area contributed by atoms with Gasteiger partial charge in [-0.05, 0) is 41.5 Å². The van der Waals surface area contributed by atoms with E-state index in [2.05, 4.69) is 13.8 Å². The molecular formula is C25H28F3NO4. The number of ether oxygens (including phenoxy) is 2. The number of rotatable bonds is 2. The summed E-state index contributed by atoms with van der Waals surface area (Å²) in [7, 11) is 0. The molecule has 1 aromatic heterocycles. The predicted molar refractivity (Wildman–Crippen MR) is 113 cm³/mol. The minimum atomic E-state index is -4.43. The maximum atomic E-state index is 13.1. The topological polar surface area (TPSA) is 71.8 Å². The van der Waals surface area contributed by atoms with Crippen molar-refractivity contribution in [3.63, 3.8) is 0 Å². The lowest BCUT2D eigenvalue weighted by atomic mass is 9.70. The summed E-state index contributed by atoms with van der Waals surface area (Å²) < 4.78 is 51.6. The number of aromatic nitrogens is 1. The zero-order valence-electron chi connectivity index (χ0n) is 18.7. The molecule has 33 heavy (non-hydrogen) atoms. The molecule has 0 saturated carbocycles. The van der Waals surface area contributed by atoms with Crippen molar-refractivity contribution in [2.45, 2.75) is 70.1 Å². The van der Waals surface area contributed by atoms with Gasteiger partial charge < -0.3 is 19.7 Å². The molecular weight excluding hydrogens is 435 g/mol. The summed E-state index contributed by atoms with van der Waals surface area (Å²) in [6.45, 7) is 4.80. The number of hydrogen-bond donors (Lipinski definition) is 2. The van der Waals surface area contributed by atoms with E-state index in [9.17, 15) is 23.4 Å². The summed E-state index contributed by atoms with van der Waals surface area (Å²) >= 11 is 0. The molecule has 5 rings (SSSR count). The average molecular weight is 463 g/mol. The average Bonchev–Trinajstić information content (AvgIpc) is 3.06. The van der Waals surface area contributed by atoms with Crippen LogP contribution in [0.1, 0.15) is 84.5 Å². The molecule has 0 bridgehead atoms. The molecule has 2 aromatic rings. The second-order valence-electron chi connectivity index (χ2n) is 10.2. The zero-order chi connectivity index (χ0) is 23.6. The first-order valence-corrected chi connectivity index (χ1v) is 11.3. The maximum absolute atomic E-state index is 13.1. The summed E-state index contributed by atoms with van der Waals surface area (Å²) in [5.74, 6) is 0. The number of pyridine rings is 1. The Morgan fingerprint density at radius 2 is 1.76 bits per heavy atom. The lowest BCUT2D eigenvalue weighted by Gasteiger charge is -2.40. The molecule has 8 heteroatoms. The van der Waals surface area contributed by atoms with Gasteiger partial charge in [-0.2, -0.15) is 13.2 Å². The van der Waals surface area contributed by atoms with Crippen molar-refractivity contribution in [3.8, 4) is 0 Å². The van der Waals surface area contributed by atoms with Crippen molar-refractivity contribution in [2.75, 3.05) is 13.2 Å². The number of benzene rings is 1. The van der Waals surface area contributed by atoms with Gasteiger partial charge in [0.2, 0.25) is 0 Å². The Bertz CT molecular complexity index is 1060. The van der Waals surface area contributed by atoms with Crippen LogP contribution in [0.2, 0.25) is 0 Å². The van der Waals surface area contributed by atoms with Crippen LogP contribution in [0.4, 0.5) is 13.2 Å². The monoisotopic (exact) mass is 463 g/mol. The van der Waals surface area contributed by atoms with E-state index in [4.69, 9.17) is 14.5 Å². The van der Waals surface area contributed by atoms with Crippen molar-refractivity contribution in [1.82, 2.24) is 4.98 Å². The normalized spacial score (nSPS) is 25.7. The van der Waals surface area contributed by atoms with Crippen LogP contribution in [0.3, 0.4) is 0 Å². The van der Waals surface area contributed by atoms with E-state index >= 15 is 0 Å². The van der Waals surface area contributed by atoms with Crippen LogP contribution in [0.5, 0.6) is 0 Å². The molecule has 2 atom stereocenters. The summed E-state index contributed by atoms with van der Waals surface area (Å²) in [6, 6.07) is 4.95. The highest BCUT2D eigenvalue weighted by Gasteiger charge is 2.52. The second kappa shape index (κ2) is 7.77. The van der Waals surface area contributed by atoms with Crippen molar-refractivity contribution in [1.29, 1.82) is 0 Å².